The minimum Gasteiger partial charge on any atom is -0.493 e. The van der Waals surface area contributed by atoms with Gasteiger partial charge in [0, 0.05) is 11.3 Å². The molecule has 3 N–H and O–H groups in total. The molecule has 1 heterocycles. The van der Waals surface area contributed by atoms with Crippen LogP contribution in [-0.2, 0) is 20.9 Å². The van der Waals surface area contributed by atoms with E-state index in [-0.39, 0.29) is 24.8 Å². The number of allylic oxidation sites excluding steroid dienone is 1. The smallest absolute Gasteiger partial charge is 0.338 e. The highest BCUT2D eigenvalue weighted by molar-refractivity contribution is 7.80. The third-order valence-corrected chi connectivity index (χ3v) is 6.97. The van der Waals surface area contributed by atoms with Gasteiger partial charge < -0.3 is 29.6 Å². The number of nitrogens with one attached hydrogen (secondary N) is 3. The topological polar surface area (TPSA) is 143 Å². The maximum absolute atomic E-state index is 12.7. The fraction of sp³-hybridized carbons (Fsp3) is 0.219. The molecule has 1 amide bonds. The number of carbonyl (C=O) groups excluding carboxylic acids is 2. The van der Waals surface area contributed by atoms with Gasteiger partial charge in [-0.1, -0.05) is 41.9 Å². The zero-order chi connectivity index (χ0) is 32.3. The molecule has 13 heteroatoms. The van der Waals surface area contributed by atoms with Crippen molar-refractivity contribution in [3.05, 3.63) is 99.2 Å². The average Bonchev–Trinajstić information content (AvgIpc) is 3.03. The predicted molar refractivity (Wildman–Crippen MR) is 172 cm³/mol. The molecule has 11 nitrogen and oxygen atoms in total. The van der Waals surface area contributed by atoms with E-state index in [2.05, 4.69) is 27.2 Å². The van der Waals surface area contributed by atoms with E-state index in [1.165, 1.54) is 13.3 Å². The highest BCUT2D eigenvalue weighted by Crippen LogP contribution is 2.37. The van der Waals surface area contributed by atoms with E-state index < -0.39 is 17.9 Å². The summed E-state index contributed by atoms with van der Waals surface area (Å²) in [6, 6.07) is 18.7. The van der Waals surface area contributed by atoms with Crippen molar-refractivity contribution in [3.63, 3.8) is 0 Å². The first-order chi connectivity index (χ1) is 21.7. The normalized spacial score (nSPS) is 14.2. The second-order valence-electron chi connectivity index (χ2n) is 9.54. The van der Waals surface area contributed by atoms with Crippen molar-refractivity contribution in [2.75, 3.05) is 20.3 Å². The van der Waals surface area contributed by atoms with Crippen LogP contribution in [0.2, 0.25) is 5.02 Å². The molecule has 3 aromatic carbocycles. The van der Waals surface area contributed by atoms with E-state index in [4.69, 9.17) is 48.0 Å². The Morgan fingerprint density at radius 1 is 1.13 bits per heavy atom. The number of esters is 1. The van der Waals surface area contributed by atoms with Crippen molar-refractivity contribution in [3.8, 4) is 23.3 Å². The first-order valence-corrected chi connectivity index (χ1v) is 14.5. The number of rotatable bonds is 12. The zero-order valence-corrected chi connectivity index (χ0v) is 26.3. The molecular weight excluding hydrogens is 618 g/mol. The lowest BCUT2D eigenvalue weighted by molar-refractivity contribution is -0.139. The molecule has 0 saturated heterocycles. The first-order valence-electron chi connectivity index (χ1n) is 13.7. The van der Waals surface area contributed by atoms with Crippen LogP contribution in [0, 0.1) is 11.3 Å². The molecule has 3 aromatic rings. The molecule has 0 bridgehead atoms. The predicted octanol–water partition coefficient (Wildman–Crippen LogP) is 4.68. The molecule has 0 radical (unpaired) electrons. The zero-order valence-electron chi connectivity index (χ0n) is 24.7. The maximum Gasteiger partial charge on any atom is 0.338 e. The van der Waals surface area contributed by atoms with E-state index in [1.54, 1.807) is 74.5 Å². The van der Waals surface area contributed by atoms with Gasteiger partial charge in [0.15, 0.2) is 23.2 Å². The quantitative estimate of drug-likeness (QED) is 0.110. The second-order valence-corrected chi connectivity index (χ2v) is 10.4. The Balaban J connectivity index is 1.39. The SMILES string of the molecule is CCOC(=O)C1=C(C)NC(=S)N[C@H]1c1ccccc1OCC(=O)NN=Cc1cc(Cl)c(OCc2ccc(C#N)cc2)c(OC)c1. The van der Waals surface area contributed by atoms with Crippen LogP contribution in [0.1, 0.15) is 42.1 Å². The van der Waals surface area contributed by atoms with Crippen molar-refractivity contribution in [2.24, 2.45) is 5.10 Å². The summed E-state index contributed by atoms with van der Waals surface area (Å²) >= 11 is 11.8. The summed E-state index contributed by atoms with van der Waals surface area (Å²) in [7, 11) is 1.48. The van der Waals surface area contributed by atoms with Gasteiger partial charge in [0.25, 0.3) is 5.91 Å². The minimum atomic E-state index is -0.647. The van der Waals surface area contributed by atoms with Gasteiger partial charge >= 0.3 is 5.97 Å². The molecule has 0 aliphatic carbocycles. The Morgan fingerprint density at radius 3 is 2.60 bits per heavy atom. The molecule has 4 rings (SSSR count). The van der Waals surface area contributed by atoms with Crippen molar-refractivity contribution in [1.82, 2.24) is 16.1 Å². The van der Waals surface area contributed by atoms with Crippen LogP contribution in [-0.4, -0.2) is 43.5 Å². The molecule has 1 aliphatic rings. The van der Waals surface area contributed by atoms with Gasteiger partial charge in [-0.2, -0.15) is 10.4 Å². The largest absolute Gasteiger partial charge is 0.493 e. The van der Waals surface area contributed by atoms with Gasteiger partial charge in [-0.05, 0) is 67.5 Å². The number of para-hydroxylation sites is 1. The van der Waals surface area contributed by atoms with Gasteiger partial charge in [-0.25, -0.2) is 10.2 Å². The molecular formula is C32H30ClN5O6S. The lowest BCUT2D eigenvalue weighted by Crippen LogP contribution is -2.45. The number of thiocarbonyl (C=S) groups is 1. The van der Waals surface area contributed by atoms with E-state index in [0.29, 0.717) is 50.3 Å². The third kappa shape index (κ3) is 8.50. The first kappa shape index (κ1) is 32.8. The molecule has 1 atom stereocenters. The number of carbonyl (C=O) groups is 2. The Kier molecular flexibility index (Phi) is 11.3. The van der Waals surface area contributed by atoms with Gasteiger partial charge in [-0.15, -0.1) is 0 Å². The highest BCUT2D eigenvalue weighted by Gasteiger charge is 2.32. The van der Waals surface area contributed by atoms with Crippen LogP contribution in [0.25, 0.3) is 0 Å². The minimum absolute atomic E-state index is 0.211. The number of ether oxygens (including phenoxy) is 4. The summed E-state index contributed by atoms with van der Waals surface area (Å²) in [6.45, 7) is 3.54. The van der Waals surface area contributed by atoms with Crippen molar-refractivity contribution >= 4 is 47.0 Å². The fourth-order valence-corrected chi connectivity index (χ4v) is 4.94. The Hall–Kier alpha value is -5.12. The number of methoxy groups -OCH3 is 1. The highest BCUT2D eigenvalue weighted by atomic mass is 35.5. The number of halogens is 1. The number of hydrogen-bond acceptors (Lipinski definition) is 9. The lowest BCUT2D eigenvalue weighted by Gasteiger charge is -2.30. The van der Waals surface area contributed by atoms with Gasteiger partial charge in [0.05, 0.1) is 48.2 Å². The van der Waals surface area contributed by atoms with Crippen LogP contribution in [0.4, 0.5) is 0 Å². The number of hydrogen-bond donors (Lipinski definition) is 3. The van der Waals surface area contributed by atoms with Crippen LogP contribution in [0.5, 0.6) is 17.2 Å². The van der Waals surface area contributed by atoms with Gasteiger partial charge in [0.1, 0.15) is 12.4 Å². The van der Waals surface area contributed by atoms with E-state index in [1.807, 2.05) is 0 Å². The van der Waals surface area contributed by atoms with Gasteiger partial charge in [0.2, 0.25) is 0 Å². The molecule has 0 unspecified atom stereocenters. The van der Waals surface area contributed by atoms with Crippen molar-refractivity contribution in [1.29, 1.82) is 5.26 Å². The fourth-order valence-electron chi connectivity index (χ4n) is 4.40. The summed E-state index contributed by atoms with van der Waals surface area (Å²) in [4.78, 5) is 25.3. The van der Waals surface area contributed by atoms with Crippen LogP contribution >= 0.6 is 23.8 Å². The molecule has 1 aliphatic heterocycles. The van der Waals surface area contributed by atoms with Crippen molar-refractivity contribution < 1.29 is 28.5 Å². The van der Waals surface area contributed by atoms with Crippen LogP contribution in [0.3, 0.4) is 0 Å². The molecule has 0 fully saturated rings. The van der Waals surface area contributed by atoms with E-state index in [0.717, 1.165) is 5.56 Å². The Morgan fingerprint density at radius 2 is 1.89 bits per heavy atom. The van der Waals surface area contributed by atoms with Gasteiger partial charge in [-0.3, -0.25) is 4.79 Å². The summed E-state index contributed by atoms with van der Waals surface area (Å²) < 4.78 is 22.4. The lowest BCUT2D eigenvalue weighted by atomic mass is 9.95. The molecule has 232 valence electrons. The summed E-state index contributed by atoms with van der Waals surface area (Å²) in [6.07, 6.45) is 1.41. The Labute approximate surface area is 270 Å². The van der Waals surface area contributed by atoms with Crippen LogP contribution in [0.15, 0.2) is 77.0 Å². The third-order valence-electron chi connectivity index (χ3n) is 6.47. The molecule has 45 heavy (non-hydrogen) atoms. The number of nitriles is 1. The number of benzene rings is 3. The monoisotopic (exact) mass is 647 g/mol. The standard InChI is InChI=1S/C32H30ClN5O6S/c1-4-42-31(40)28-19(2)36-32(45)37-29(28)23-7-5-6-8-25(23)43-18-27(39)38-35-16-22-13-24(33)30(26(14-22)41-3)44-17-21-11-9-20(15-34)10-12-21/h5-14,16,29H,4,17-18H2,1-3H3,(H,38,39)(H2,36,37,45)/t29-/m0/s1. The van der Waals surface area contributed by atoms with Crippen LogP contribution < -0.4 is 30.3 Å². The number of nitrogens with zero attached hydrogens (tertiary/aromatic N) is 2. The summed E-state index contributed by atoms with van der Waals surface area (Å²) in [5.74, 6) is 0.0828. The Bertz CT molecular complexity index is 1690. The summed E-state index contributed by atoms with van der Waals surface area (Å²) in [5.41, 5.74) is 5.90. The average molecular weight is 648 g/mol. The number of amides is 1. The second kappa shape index (κ2) is 15.6. The maximum atomic E-state index is 12.7. The van der Waals surface area contributed by atoms with E-state index >= 15 is 0 Å². The molecule has 0 saturated carbocycles. The van der Waals surface area contributed by atoms with E-state index in [9.17, 15) is 9.59 Å². The number of hydrazone groups is 1. The van der Waals surface area contributed by atoms with Crippen molar-refractivity contribution in [2.45, 2.75) is 26.5 Å². The molecule has 0 aromatic heterocycles. The summed E-state index contributed by atoms with van der Waals surface area (Å²) in [5, 5.41) is 19.6. The molecule has 0 spiro atoms.